The first-order chi connectivity index (χ1) is 13.3. The molecule has 7 heteroatoms. The molecule has 2 aliphatic rings. The van der Waals surface area contributed by atoms with Crippen molar-refractivity contribution < 1.29 is 14.4 Å². The Labute approximate surface area is 166 Å². The molecule has 28 heavy (non-hydrogen) atoms. The fourth-order valence-electron chi connectivity index (χ4n) is 3.91. The number of nitrogens with one attached hydrogen (secondary N) is 3. The van der Waals surface area contributed by atoms with Gasteiger partial charge in [-0.2, -0.15) is 5.01 Å². The van der Waals surface area contributed by atoms with Gasteiger partial charge in [0.05, 0.1) is 6.54 Å². The molecule has 1 aromatic carbocycles. The van der Waals surface area contributed by atoms with Gasteiger partial charge in [0.2, 0.25) is 0 Å². The Morgan fingerprint density at radius 1 is 1.07 bits per heavy atom. The number of urea groups is 1. The molecule has 3 rings (SSSR count). The minimum Gasteiger partial charge on any atom is -0.322 e. The van der Waals surface area contributed by atoms with E-state index in [0.29, 0.717) is 18.8 Å². The molecule has 4 amide bonds. The molecular formula is C21H30N4O3. The van der Waals surface area contributed by atoms with Crippen LogP contribution in [0.4, 0.5) is 4.79 Å². The normalized spacial score (nSPS) is 19.8. The number of hydrogen-bond donors (Lipinski definition) is 3. The maximum absolute atomic E-state index is 12.7. The average Bonchev–Trinajstić information content (AvgIpc) is 2.90. The molecule has 1 aliphatic heterocycles. The smallest absolute Gasteiger partial charge is 0.322 e. The molecule has 0 unspecified atom stereocenters. The molecule has 0 aromatic heterocycles. The summed E-state index contributed by atoms with van der Waals surface area (Å²) in [5, 5.41) is 6.77. The number of nitrogens with zero attached hydrogens (tertiary/aromatic N) is 1. The molecular weight excluding hydrogens is 356 g/mol. The highest BCUT2D eigenvalue weighted by molar-refractivity contribution is 6.08. The van der Waals surface area contributed by atoms with Crippen LogP contribution in [-0.2, 0) is 9.59 Å². The fourth-order valence-corrected chi connectivity index (χ4v) is 3.91. The van der Waals surface area contributed by atoms with Gasteiger partial charge >= 0.3 is 6.03 Å². The monoisotopic (exact) mass is 386 g/mol. The molecule has 1 saturated heterocycles. The highest BCUT2D eigenvalue weighted by atomic mass is 16.2. The number of hydrazine groups is 1. The van der Waals surface area contributed by atoms with Crippen LogP contribution >= 0.6 is 0 Å². The molecule has 1 aromatic rings. The van der Waals surface area contributed by atoms with Gasteiger partial charge in [0.1, 0.15) is 5.54 Å². The second kappa shape index (κ2) is 8.31. The summed E-state index contributed by atoms with van der Waals surface area (Å²) in [6, 6.07) is 7.71. The van der Waals surface area contributed by atoms with E-state index in [0.717, 1.165) is 29.8 Å². The van der Waals surface area contributed by atoms with Crippen molar-refractivity contribution >= 4 is 17.8 Å². The van der Waals surface area contributed by atoms with Crippen LogP contribution in [0.15, 0.2) is 24.3 Å². The Hall–Kier alpha value is -2.41. The van der Waals surface area contributed by atoms with E-state index in [9.17, 15) is 14.4 Å². The van der Waals surface area contributed by atoms with Crippen LogP contribution in [-0.4, -0.2) is 34.9 Å². The Morgan fingerprint density at radius 3 is 2.29 bits per heavy atom. The van der Waals surface area contributed by atoms with E-state index >= 15 is 0 Å². The summed E-state index contributed by atoms with van der Waals surface area (Å²) in [4.78, 5) is 37.2. The Morgan fingerprint density at radius 2 is 1.68 bits per heavy atom. The first-order valence-electron chi connectivity index (χ1n) is 10.1. The van der Waals surface area contributed by atoms with E-state index in [-0.39, 0.29) is 18.5 Å². The van der Waals surface area contributed by atoms with E-state index in [1.165, 1.54) is 5.56 Å². The van der Waals surface area contributed by atoms with Crippen LogP contribution in [0.25, 0.3) is 0 Å². The van der Waals surface area contributed by atoms with Gasteiger partial charge < -0.3 is 10.6 Å². The van der Waals surface area contributed by atoms with Crippen molar-refractivity contribution in [1.82, 2.24) is 21.1 Å². The van der Waals surface area contributed by atoms with E-state index in [1.54, 1.807) is 0 Å². The van der Waals surface area contributed by atoms with Gasteiger partial charge in [0, 0.05) is 6.04 Å². The predicted octanol–water partition coefficient (Wildman–Crippen LogP) is 2.75. The minimum atomic E-state index is -0.832. The number of carbonyl (C=O) groups is 3. The third kappa shape index (κ3) is 4.19. The molecule has 1 saturated carbocycles. The summed E-state index contributed by atoms with van der Waals surface area (Å²) in [5.41, 5.74) is 3.96. The average molecular weight is 386 g/mol. The highest BCUT2D eigenvalue weighted by Crippen LogP contribution is 2.32. The maximum atomic E-state index is 12.7. The zero-order valence-corrected chi connectivity index (χ0v) is 16.9. The number of hydrogen-bond acceptors (Lipinski definition) is 4. The van der Waals surface area contributed by atoms with Crippen molar-refractivity contribution in [1.29, 1.82) is 0 Å². The Balaban J connectivity index is 1.52. The van der Waals surface area contributed by atoms with Gasteiger partial charge in [0.25, 0.3) is 11.8 Å². The lowest BCUT2D eigenvalue weighted by Gasteiger charge is -2.30. The summed E-state index contributed by atoms with van der Waals surface area (Å²) in [7, 11) is 0. The SMILES string of the molecule is CC(C)c1ccc([C@@H](C)NCC(=O)NN2C(=O)NC3(CCCCC3)C2=O)cc1. The number of rotatable bonds is 6. The van der Waals surface area contributed by atoms with Gasteiger partial charge in [0.15, 0.2) is 0 Å². The van der Waals surface area contributed by atoms with E-state index in [4.69, 9.17) is 0 Å². The van der Waals surface area contributed by atoms with Crippen molar-refractivity contribution in [2.75, 3.05) is 6.54 Å². The lowest BCUT2D eigenvalue weighted by Crippen LogP contribution is -2.52. The second-order valence-corrected chi connectivity index (χ2v) is 8.17. The molecule has 0 bridgehead atoms. The van der Waals surface area contributed by atoms with Crippen molar-refractivity contribution in [3.8, 4) is 0 Å². The summed E-state index contributed by atoms with van der Waals surface area (Å²) in [5.74, 6) is -0.287. The van der Waals surface area contributed by atoms with Crippen molar-refractivity contribution in [2.45, 2.75) is 70.4 Å². The molecule has 152 valence electrons. The van der Waals surface area contributed by atoms with E-state index in [2.05, 4.69) is 54.2 Å². The molecule has 1 aliphatic carbocycles. The number of benzene rings is 1. The zero-order chi connectivity index (χ0) is 20.3. The van der Waals surface area contributed by atoms with E-state index in [1.807, 2.05) is 6.92 Å². The van der Waals surface area contributed by atoms with Crippen LogP contribution < -0.4 is 16.1 Å². The van der Waals surface area contributed by atoms with Crippen LogP contribution in [0.1, 0.15) is 76.0 Å². The Kier molecular flexibility index (Phi) is 6.03. The lowest BCUT2D eigenvalue weighted by molar-refractivity contribution is -0.139. The van der Waals surface area contributed by atoms with Crippen molar-refractivity contribution in [3.05, 3.63) is 35.4 Å². The topological polar surface area (TPSA) is 90.5 Å². The number of imide groups is 1. The van der Waals surface area contributed by atoms with Crippen molar-refractivity contribution in [2.24, 2.45) is 0 Å². The fraction of sp³-hybridized carbons (Fsp3) is 0.571. The van der Waals surface area contributed by atoms with E-state index < -0.39 is 17.5 Å². The van der Waals surface area contributed by atoms with Crippen molar-refractivity contribution in [3.63, 3.8) is 0 Å². The molecule has 0 radical (unpaired) electrons. The van der Waals surface area contributed by atoms with Crippen LogP contribution in [0.3, 0.4) is 0 Å². The number of amides is 4. The highest BCUT2D eigenvalue weighted by Gasteiger charge is 2.52. The summed E-state index contributed by atoms with van der Waals surface area (Å²) in [6.07, 6.45) is 4.14. The molecule has 2 fully saturated rings. The largest absolute Gasteiger partial charge is 0.344 e. The predicted molar refractivity (Wildman–Crippen MR) is 106 cm³/mol. The first-order valence-corrected chi connectivity index (χ1v) is 10.1. The molecule has 1 atom stereocenters. The van der Waals surface area contributed by atoms with Gasteiger partial charge in [-0.3, -0.25) is 15.0 Å². The lowest BCUT2D eigenvalue weighted by atomic mass is 9.82. The van der Waals surface area contributed by atoms with Gasteiger partial charge in [-0.15, -0.1) is 0 Å². The summed E-state index contributed by atoms with van der Waals surface area (Å²) < 4.78 is 0. The maximum Gasteiger partial charge on any atom is 0.344 e. The number of carbonyl (C=O) groups excluding carboxylic acids is 3. The third-order valence-corrected chi connectivity index (χ3v) is 5.78. The van der Waals surface area contributed by atoms with Gasteiger partial charge in [-0.25, -0.2) is 4.79 Å². The van der Waals surface area contributed by atoms with Gasteiger partial charge in [-0.05, 0) is 36.8 Å². The molecule has 1 heterocycles. The molecule has 3 N–H and O–H groups in total. The molecule has 7 nitrogen and oxygen atoms in total. The van der Waals surface area contributed by atoms with Crippen LogP contribution in [0.2, 0.25) is 0 Å². The standard InChI is InChI=1S/C21H30N4O3/c1-14(2)16-7-9-17(10-8-16)15(3)22-13-18(26)24-25-19(27)21(23-20(25)28)11-5-4-6-12-21/h7-10,14-15,22H,4-6,11-13H2,1-3H3,(H,23,28)(H,24,26)/t15-/m1/s1. The Bertz CT molecular complexity index is 739. The minimum absolute atomic E-state index is 0.0111. The summed E-state index contributed by atoms with van der Waals surface area (Å²) in [6.45, 7) is 6.28. The van der Waals surface area contributed by atoms with Crippen LogP contribution in [0.5, 0.6) is 0 Å². The zero-order valence-electron chi connectivity index (χ0n) is 16.9. The summed E-state index contributed by atoms with van der Waals surface area (Å²) >= 11 is 0. The van der Waals surface area contributed by atoms with Gasteiger partial charge in [-0.1, -0.05) is 57.4 Å². The second-order valence-electron chi connectivity index (χ2n) is 8.17. The first kappa shape index (κ1) is 20.3. The quantitative estimate of drug-likeness (QED) is 0.656. The molecule has 1 spiro atoms. The van der Waals surface area contributed by atoms with Crippen LogP contribution in [0, 0.1) is 0 Å². The third-order valence-electron chi connectivity index (χ3n) is 5.78.